The van der Waals surface area contributed by atoms with Gasteiger partial charge >= 0.3 is 0 Å². The number of ketones is 1. The Labute approximate surface area is 113 Å². The van der Waals surface area contributed by atoms with Crippen molar-refractivity contribution in [2.45, 2.75) is 30.7 Å². The molecule has 1 heterocycles. The first-order valence-electron chi connectivity index (χ1n) is 6.33. The van der Waals surface area contributed by atoms with E-state index in [9.17, 15) is 13.2 Å². The number of carbonyl (C=O) groups is 1. The van der Waals surface area contributed by atoms with Crippen LogP contribution in [0.25, 0.3) is 0 Å². The minimum Gasteiger partial charge on any atom is -0.315 e. The molecule has 1 atom stereocenters. The van der Waals surface area contributed by atoms with Crippen molar-refractivity contribution in [2.75, 3.05) is 13.1 Å². The molecule has 0 bridgehead atoms. The number of benzene rings is 1. The normalized spacial score (nSPS) is 20.2. The summed E-state index contributed by atoms with van der Waals surface area (Å²) >= 11 is 0. The third-order valence-corrected chi connectivity index (χ3v) is 4.69. The van der Waals surface area contributed by atoms with Gasteiger partial charge in [0.05, 0.1) is 4.90 Å². The van der Waals surface area contributed by atoms with Crippen molar-refractivity contribution < 1.29 is 13.2 Å². The smallest absolute Gasteiger partial charge is 0.240 e. The second kappa shape index (κ2) is 5.81. The number of carbonyl (C=O) groups excluding carboxylic acids is 1. The Balaban J connectivity index is 2.18. The summed E-state index contributed by atoms with van der Waals surface area (Å²) in [6, 6.07) is 6.04. The van der Waals surface area contributed by atoms with E-state index in [2.05, 4.69) is 10.0 Å². The number of sulfonamides is 1. The molecular formula is C13H18N2O3S. The van der Waals surface area contributed by atoms with Crippen LogP contribution < -0.4 is 10.0 Å². The molecule has 2 N–H and O–H groups in total. The van der Waals surface area contributed by atoms with Gasteiger partial charge in [0, 0.05) is 18.2 Å². The van der Waals surface area contributed by atoms with Crippen molar-refractivity contribution in [3.8, 4) is 0 Å². The SMILES string of the molecule is CC(=O)c1cccc(S(=O)(=O)NC2CCCNC2)c1. The van der Waals surface area contributed by atoms with E-state index in [4.69, 9.17) is 0 Å². The molecular weight excluding hydrogens is 264 g/mol. The molecule has 6 heteroatoms. The zero-order valence-corrected chi connectivity index (χ0v) is 11.7. The molecule has 0 amide bonds. The molecule has 104 valence electrons. The molecule has 1 aliphatic heterocycles. The van der Waals surface area contributed by atoms with Gasteiger partial charge in [-0.3, -0.25) is 4.79 Å². The van der Waals surface area contributed by atoms with Gasteiger partial charge in [-0.25, -0.2) is 13.1 Å². The highest BCUT2D eigenvalue weighted by atomic mass is 32.2. The van der Waals surface area contributed by atoms with Gasteiger partial charge in [-0.2, -0.15) is 0 Å². The van der Waals surface area contributed by atoms with Crippen molar-refractivity contribution in [1.82, 2.24) is 10.0 Å². The molecule has 1 fully saturated rings. The van der Waals surface area contributed by atoms with E-state index < -0.39 is 10.0 Å². The molecule has 1 aliphatic rings. The summed E-state index contributed by atoms with van der Waals surface area (Å²) < 4.78 is 27.1. The second-order valence-corrected chi connectivity index (χ2v) is 6.46. The Kier molecular flexibility index (Phi) is 4.34. The number of nitrogens with one attached hydrogen (secondary N) is 2. The maximum atomic E-state index is 12.2. The number of rotatable bonds is 4. The number of piperidine rings is 1. The zero-order chi connectivity index (χ0) is 13.9. The largest absolute Gasteiger partial charge is 0.315 e. The Hall–Kier alpha value is -1.24. The van der Waals surface area contributed by atoms with Gasteiger partial charge in [0.15, 0.2) is 5.78 Å². The predicted octanol–water partition coefficient (Wildman–Crippen LogP) is 0.919. The average molecular weight is 282 g/mol. The molecule has 0 aliphatic carbocycles. The summed E-state index contributed by atoms with van der Waals surface area (Å²) in [7, 11) is -3.56. The van der Waals surface area contributed by atoms with Crippen LogP contribution in [0, 0.1) is 0 Å². The molecule has 1 aromatic rings. The van der Waals surface area contributed by atoms with Gasteiger partial charge in [0.2, 0.25) is 10.0 Å². The van der Waals surface area contributed by atoms with Gasteiger partial charge in [-0.05, 0) is 38.4 Å². The first-order chi connectivity index (χ1) is 8.99. The molecule has 1 unspecified atom stereocenters. The van der Waals surface area contributed by atoms with E-state index in [0.29, 0.717) is 12.1 Å². The van der Waals surface area contributed by atoms with Crippen LogP contribution in [0.2, 0.25) is 0 Å². The highest BCUT2D eigenvalue weighted by Gasteiger charge is 2.22. The van der Waals surface area contributed by atoms with Crippen LogP contribution in [0.15, 0.2) is 29.2 Å². The molecule has 2 rings (SSSR count). The molecule has 0 radical (unpaired) electrons. The maximum absolute atomic E-state index is 12.2. The fourth-order valence-electron chi connectivity index (χ4n) is 2.12. The lowest BCUT2D eigenvalue weighted by molar-refractivity contribution is 0.101. The van der Waals surface area contributed by atoms with Crippen LogP contribution in [0.3, 0.4) is 0 Å². The average Bonchev–Trinajstić information content (AvgIpc) is 2.39. The first kappa shape index (κ1) is 14.2. The fourth-order valence-corrected chi connectivity index (χ4v) is 3.44. The van der Waals surface area contributed by atoms with E-state index in [-0.39, 0.29) is 16.7 Å². The van der Waals surface area contributed by atoms with Crippen LogP contribution in [0.1, 0.15) is 30.1 Å². The van der Waals surface area contributed by atoms with E-state index in [1.54, 1.807) is 12.1 Å². The summed E-state index contributed by atoms with van der Waals surface area (Å²) in [4.78, 5) is 11.4. The van der Waals surface area contributed by atoms with Crippen LogP contribution in [0.5, 0.6) is 0 Å². The first-order valence-corrected chi connectivity index (χ1v) is 7.81. The monoisotopic (exact) mass is 282 g/mol. The van der Waals surface area contributed by atoms with Crippen LogP contribution >= 0.6 is 0 Å². The molecule has 0 spiro atoms. The predicted molar refractivity (Wildman–Crippen MR) is 72.7 cm³/mol. The topological polar surface area (TPSA) is 75.3 Å². The minimum atomic E-state index is -3.56. The van der Waals surface area contributed by atoms with Gasteiger partial charge < -0.3 is 5.32 Å². The summed E-state index contributed by atoms with van der Waals surface area (Å²) in [6.45, 7) is 2.99. The lowest BCUT2D eigenvalue weighted by Crippen LogP contribution is -2.45. The Morgan fingerprint density at radius 1 is 1.42 bits per heavy atom. The van der Waals surface area contributed by atoms with E-state index in [1.165, 1.54) is 19.1 Å². The molecule has 1 saturated heterocycles. The highest BCUT2D eigenvalue weighted by molar-refractivity contribution is 7.89. The molecule has 5 nitrogen and oxygen atoms in total. The van der Waals surface area contributed by atoms with Gasteiger partial charge in [0.1, 0.15) is 0 Å². The third kappa shape index (κ3) is 3.62. The number of hydrogen-bond donors (Lipinski definition) is 2. The van der Waals surface area contributed by atoms with Crippen molar-refractivity contribution in [3.05, 3.63) is 29.8 Å². The van der Waals surface area contributed by atoms with Crippen molar-refractivity contribution in [1.29, 1.82) is 0 Å². The van der Waals surface area contributed by atoms with E-state index in [1.807, 2.05) is 0 Å². The molecule has 19 heavy (non-hydrogen) atoms. The number of Topliss-reactive ketones (excluding diaryl/α,β-unsaturated/α-hetero) is 1. The third-order valence-electron chi connectivity index (χ3n) is 3.17. The van der Waals surface area contributed by atoms with Crippen molar-refractivity contribution >= 4 is 15.8 Å². The van der Waals surface area contributed by atoms with Crippen LogP contribution in [-0.4, -0.2) is 33.3 Å². The van der Waals surface area contributed by atoms with Crippen LogP contribution in [-0.2, 0) is 10.0 Å². The Morgan fingerprint density at radius 3 is 2.84 bits per heavy atom. The second-order valence-electron chi connectivity index (χ2n) is 4.75. The summed E-state index contributed by atoms with van der Waals surface area (Å²) in [6.07, 6.45) is 1.79. The summed E-state index contributed by atoms with van der Waals surface area (Å²) in [5.41, 5.74) is 0.407. The Bertz CT molecular complexity index is 563. The Morgan fingerprint density at radius 2 is 2.21 bits per heavy atom. The maximum Gasteiger partial charge on any atom is 0.240 e. The van der Waals surface area contributed by atoms with E-state index >= 15 is 0 Å². The lowest BCUT2D eigenvalue weighted by atomic mass is 10.1. The van der Waals surface area contributed by atoms with E-state index in [0.717, 1.165) is 19.4 Å². The standard InChI is InChI=1S/C13H18N2O3S/c1-10(16)11-4-2-6-13(8-11)19(17,18)15-12-5-3-7-14-9-12/h2,4,6,8,12,14-15H,3,5,7,9H2,1H3. The van der Waals surface area contributed by atoms with Crippen molar-refractivity contribution in [2.24, 2.45) is 0 Å². The van der Waals surface area contributed by atoms with Gasteiger partial charge in [-0.1, -0.05) is 12.1 Å². The van der Waals surface area contributed by atoms with Gasteiger partial charge in [-0.15, -0.1) is 0 Å². The lowest BCUT2D eigenvalue weighted by Gasteiger charge is -2.23. The van der Waals surface area contributed by atoms with Gasteiger partial charge in [0.25, 0.3) is 0 Å². The molecule has 1 aromatic carbocycles. The summed E-state index contributed by atoms with van der Waals surface area (Å²) in [5.74, 6) is -0.142. The number of hydrogen-bond acceptors (Lipinski definition) is 4. The van der Waals surface area contributed by atoms with Crippen molar-refractivity contribution in [3.63, 3.8) is 0 Å². The quantitative estimate of drug-likeness (QED) is 0.805. The summed E-state index contributed by atoms with van der Waals surface area (Å²) in [5, 5.41) is 3.16. The van der Waals surface area contributed by atoms with Crippen LogP contribution in [0.4, 0.5) is 0 Å². The fraction of sp³-hybridized carbons (Fsp3) is 0.462. The molecule has 0 aromatic heterocycles. The highest BCUT2D eigenvalue weighted by Crippen LogP contribution is 2.14. The zero-order valence-electron chi connectivity index (χ0n) is 10.8. The molecule has 0 saturated carbocycles. The minimum absolute atomic E-state index is 0.0836.